The van der Waals surface area contributed by atoms with E-state index in [2.05, 4.69) is 6.07 Å². The van der Waals surface area contributed by atoms with E-state index in [0.29, 0.717) is 19.0 Å². The number of nitriles is 1. The summed E-state index contributed by atoms with van der Waals surface area (Å²) in [5.41, 5.74) is 0.751. The van der Waals surface area contributed by atoms with Gasteiger partial charge >= 0.3 is 0 Å². The average Bonchev–Trinajstić information content (AvgIpc) is 2.90. The molecule has 100 valence electrons. The summed E-state index contributed by atoms with van der Waals surface area (Å²) < 4.78 is 0. The Hall–Kier alpha value is -1.86. The molecular weight excluding hydrogens is 240 g/mol. The van der Waals surface area contributed by atoms with Crippen molar-refractivity contribution >= 4 is 5.91 Å². The predicted molar refractivity (Wildman–Crippen MR) is 71.2 cm³/mol. The molecule has 4 heteroatoms. The van der Waals surface area contributed by atoms with E-state index < -0.39 is 5.92 Å². The molecule has 1 saturated heterocycles. The van der Waals surface area contributed by atoms with Crippen LogP contribution >= 0.6 is 0 Å². The molecule has 1 heterocycles. The molecule has 1 N–H and O–H groups in total. The number of carbonyl (C=O) groups is 1. The van der Waals surface area contributed by atoms with E-state index in [9.17, 15) is 10.1 Å². The van der Waals surface area contributed by atoms with E-state index >= 15 is 0 Å². The van der Waals surface area contributed by atoms with Crippen molar-refractivity contribution in [1.82, 2.24) is 4.90 Å². The number of nitrogens with zero attached hydrogens (tertiary/aromatic N) is 2. The predicted octanol–water partition coefficient (Wildman–Crippen LogP) is 1.52. The Morgan fingerprint density at radius 3 is 2.84 bits per heavy atom. The first-order valence-corrected chi connectivity index (χ1v) is 6.60. The molecule has 1 aliphatic rings. The maximum absolute atomic E-state index is 12.4. The van der Waals surface area contributed by atoms with Gasteiger partial charge in [0, 0.05) is 19.7 Å². The Balaban J connectivity index is 2.05. The highest BCUT2D eigenvalue weighted by Crippen LogP contribution is 2.24. The van der Waals surface area contributed by atoms with Crippen LogP contribution < -0.4 is 0 Å². The van der Waals surface area contributed by atoms with Crippen LogP contribution in [0.25, 0.3) is 0 Å². The second kappa shape index (κ2) is 6.35. The lowest BCUT2D eigenvalue weighted by Gasteiger charge is -2.19. The number of amides is 1. The number of hydrogen-bond donors (Lipinski definition) is 1. The number of aliphatic hydroxyl groups is 1. The molecule has 0 aromatic heterocycles. The molecule has 0 aliphatic carbocycles. The molecule has 0 spiro atoms. The third-order valence-electron chi connectivity index (χ3n) is 3.64. The van der Waals surface area contributed by atoms with Crippen molar-refractivity contribution in [2.45, 2.75) is 18.8 Å². The van der Waals surface area contributed by atoms with Crippen LogP contribution in [0.1, 0.15) is 24.3 Å². The molecule has 0 saturated carbocycles. The Labute approximate surface area is 113 Å². The minimum atomic E-state index is -0.714. The Morgan fingerprint density at radius 1 is 1.47 bits per heavy atom. The highest BCUT2D eigenvalue weighted by molar-refractivity contribution is 5.86. The van der Waals surface area contributed by atoms with E-state index in [0.717, 1.165) is 18.4 Å². The Bertz CT molecular complexity index is 467. The molecule has 1 aromatic carbocycles. The summed E-state index contributed by atoms with van der Waals surface area (Å²) in [6.45, 7) is 1.51. The monoisotopic (exact) mass is 258 g/mol. The van der Waals surface area contributed by atoms with Crippen molar-refractivity contribution in [1.29, 1.82) is 5.26 Å². The first-order chi connectivity index (χ1) is 9.26. The first kappa shape index (κ1) is 13.6. The van der Waals surface area contributed by atoms with E-state index in [1.54, 1.807) is 4.90 Å². The topological polar surface area (TPSA) is 64.3 Å². The van der Waals surface area contributed by atoms with Crippen molar-refractivity contribution in [3.8, 4) is 6.07 Å². The first-order valence-electron chi connectivity index (χ1n) is 6.60. The van der Waals surface area contributed by atoms with Crippen LogP contribution in [0.4, 0.5) is 0 Å². The number of aliphatic hydroxyl groups excluding tert-OH is 1. The molecular formula is C15H18N2O2. The maximum atomic E-state index is 12.4. The van der Waals surface area contributed by atoms with Crippen LogP contribution in [0.2, 0.25) is 0 Å². The van der Waals surface area contributed by atoms with Gasteiger partial charge in [0.25, 0.3) is 0 Å². The van der Waals surface area contributed by atoms with Crippen molar-refractivity contribution in [2.75, 3.05) is 19.7 Å². The van der Waals surface area contributed by atoms with Gasteiger partial charge in [-0.25, -0.2) is 0 Å². The van der Waals surface area contributed by atoms with Gasteiger partial charge < -0.3 is 10.0 Å². The van der Waals surface area contributed by atoms with Gasteiger partial charge in [-0.05, 0) is 24.3 Å². The van der Waals surface area contributed by atoms with Gasteiger partial charge in [-0.2, -0.15) is 5.26 Å². The lowest BCUT2D eigenvalue weighted by atomic mass is 9.99. The molecule has 1 fully saturated rings. The lowest BCUT2D eigenvalue weighted by molar-refractivity contribution is -0.130. The summed E-state index contributed by atoms with van der Waals surface area (Å²) in [6, 6.07) is 11.3. The molecule has 1 amide bonds. The summed E-state index contributed by atoms with van der Waals surface area (Å²) in [5.74, 6) is -0.465. The summed E-state index contributed by atoms with van der Waals surface area (Å²) in [4.78, 5) is 14.1. The zero-order valence-electron chi connectivity index (χ0n) is 10.8. The van der Waals surface area contributed by atoms with Gasteiger partial charge in [0.05, 0.1) is 6.07 Å². The van der Waals surface area contributed by atoms with Crippen LogP contribution in [0, 0.1) is 17.2 Å². The lowest BCUT2D eigenvalue weighted by Crippen LogP contribution is -2.33. The zero-order chi connectivity index (χ0) is 13.7. The largest absolute Gasteiger partial charge is 0.396 e. The second-order valence-corrected chi connectivity index (χ2v) is 4.92. The van der Waals surface area contributed by atoms with Crippen LogP contribution in [-0.2, 0) is 4.79 Å². The molecule has 4 nitrogen and oxygen atoms in total. The fourth-order valence-corrected chi connectivity index (χ4v) is 2.55. The van der Waals surface area contributed by atoms with E-state index in [1.807, 2.05) is 30.3 Å². The van der Waals surface area contributed by atoms with Gasteiger partial charge in [0.2, 0.25) is 5.91 Å². The van der Waals surface area contributed by atoms with Gasteiger partial charge in [0.15, 0.2) is 0 Å². The van der Waals surface area contributed by atoms with Gasteiger partial charge in [-0.3, -0.25) is 4.79 Å². The molecule has 1 aliphatic heterocycles. The molecule has 2 rings (SSSR count). The summed E-state index contributed by atoms with van der Waals surface area (Å²) in [7, 11) is 0. The quantitative estimate of drug-likeness (QED) is 0.890. The van der Waals surface area contributed by atoms with Crippen LogP contribution in [0.3, 0.4) is 0 Å². The second-order valence-electron chi connectivity index (χ2n) is 4.92. The molecule has 0 radical (unpaired) electrons. The summed E-state index contributed by atoms with van der Waals surface area (Å²) in [6.07, 6.45) is 1.64. The Morgan fingerprint density at radius 2 is 2.21 bits per heavy atom. The highest BCUT2D eigenvalue weighted by Gasteiger charge is 2.31. The fraction of sp³-hybridized carbons (Fsp3) is 0.467. The number of hydrogen-bond acceptors (Lipinski definition) is 3. The minimum Gasteiger partial charge on any atom is -0.396 e. The van der Waals surface area contributed by atoms with Crippen molar-refractivity contribution in [3.63, 3.8) is 0 Å². The van der Waals surface area contributed by atoms with Crippen LogP contribution in [0.5, 0.6) is 0 Å². The smallest absolute Gasteiger partial charge is 0.244 e. The number of carbonyl (C=O) groups excluding carboxylic acids is 1. The standard InChI is InChI=1S/C15H18N2O2/c16-10-14(13-4-2-1-3-5-13)15(19)17-8-6-12(11-17)7-9-18/h1-5,12,14,18H,6-9,11H2. The third-order valence-corrected chi connectivity index (χ3v) is 3.64. The maximum Gasteiger partial charge on any atom is 0.244 e. The summed E-state index contributed by atoms with van der Waals surface area (Å²) in [5, 5.41) is 18.2. The van der Waals surface area contributed by atoms with Crippen molar-refractivity contribution in [3.05, 3.63) is 35.9 Å². The third kappa shape index (κ3) is 3.12. The van der Waals surface area contributed by atoms with Gasteiger partial charge in [-0.15, -0.1) is 0 Å². The molecule has 2 atom stereocenters. The number of benzene rings is 1. The number of likely N-dealkylation sites (tertiary alicyclic amines) is 1. The highest BCUT2D eigenvalue weighted by atomic mass is 16.3. The molecule has 19 heavy (non-hydrogen) atoms. The van der Waals surface area contributed by atoms with Gasteiger partial charge in [-0.1, -0.05) is 30.3 Å². The van der Waals surface area contributed by atoms with E-state index in [4.69, 9.17) is 5.11 Å². The minimum absolute atomic E-state index is 0.117. The van der Waals surface area contributed by atoms with Crippen molar-refractivity contribution < 1.29 is 9.90 Å². The SMILES string of the molecule is N#CC(C(=O)N1CCC(CCO)C1)c1ccccc1. The normalized spacial score (nSPS) is 20.0. The fourth-order valence-electron chi connectivity index (χ4n) is 2.55. The van der Waals surface area contributed by atoms with Crippen LogP contribution in [0.15, 0.2) is 30.3 Å². The van der Waals surface area contributed by atoms with Crippen LogP contribution in [-0.4, -0.2) is 35.6 Å². The van der Waals surface area contributed by atoms with Gasteiger partial charge in [0.1, 0.15) is 5.92 Å². The van der Waals surface area contributed by atoms with E-state index in [-0.39, 0.29) is 12.5 Å². The van der Waals surface area contributed by atoms with Crippen molar-refractivity contribution in [2.24, 2.45) is 5.92 Å². The van der Waals surface area contributed by atoms with E-state index in [1.165, 1.54) is 0 Å². The zero-order valence-corrected chi connectivity index (χ0v) is 10.8. The Kier molecular flexibility index (Phi) is 4.53. The molecule has 1 aromatic rings. The number of rotatable bonds is 4. The average molecular weight is 258 g/mol. The molecule has 2 unspecified atom stereocenters. The molecule has 0 bridgehead atoms. The summed E-state index contributed by atoms with van der Waals surface area (Å²) >= 11 is 0.